The van der Waals surface area contributed by atoms with Gasteiger partial charge in [0.15, 0.2) is 0 Å². The van der Waals surface area contributed by atoms with Crippen molar-refractivity contribution >= 4 is 44.9 Å². The molecule has 4 rings (SSSR count). The standard InChI is InChI=1S/C17H13N3S3/c1-2-6-14-12(5-1)9-22-17(20-14)23-11-13-10-21-16(19-13)15-7-3-4-8-18-15/h1-8,10H,9,11H2. The Morgan fingerprint density at radius 3 is 2.91 bits per heavy atom. The third kappa shape index (κ3) is 3.49. The van der Waals surface area contributed by atoms with Crippen LogP contribution in [0.25, 0.3) is 10.7 Å². The molecule has 1 aliphatic rings. The highest BCUT2D eigenvalue weighted by Crippen LogP contribution is 2.35. The van der Waals surface area contributed by atoms with Crippen molar-refractivity contribution in [2.45, 2.75) is 11.5 Å². The predicted octanol–water partition coefficient (Wildman–Crippen LogP) is 5.37. The van der Waals surface area contributed by atoms with E-state index in [1.54, 1.807) is 41.1 Å². The molecule has 0 saturated heterocycles. The van der Waals surface area contributed by atoms with Crippen LogP contribution in [0, 0.1) is 0 Å². The van der Waals surface area contributed by atoms with Gasteiger partial charge in [0.05, 0.1) is 17.1 Å². The van der Waals surface area contributed by atoms with Gasteiger partial charge in [0.2, 0.25) is 0 Å². The molecule has 2 aromatic heterocycles. The molecule has 0 bridgehead atoms. The maximum atomic E-state index is 4.73. The second-order valence-corrected chi connectivity index (χ2v) is 7.99. The Balaban J connectivity index is 1.44. The molecule has 3 nitrogen and oxygen atoms in total. The second-order valence-electron chi connectivity index (χ2n) is 4.94. The number of para-hydroxylation sites is 1. The van der Waals surface area contributed by atoms with E-state index in [-0.39, 0.29) is 0 Å². The van der Waals surface area contributed by atoms with Gasteiger partial charge in [-0.3, -0.25) is 4.98 Å². The number of aromatic nitrogens is 2. The molecule has 0 unspecified atom stereocenters. The third-order valence-electron chi connectivity index (χ3n) is 3.33. The summed E-state index contributed by atoms with van der Waals surface area (Å²) in [6.07, 6.45) is 1.80. The van der Waals surface area contributed by atoms with Crippen molar-refractivity contribution in [1.82, 2.24) is 9.97 Å². The van der Waals surface area contributed by atoms with Crippen molar-refractivity contribution in [2.24, 2.45) is 4.99 Å². The SMILES string of the molecule is c1ccc(-c2nc(CSC3=Nc4ccccc4CS3)cs2)nc1. The number of hydrogen-bond acceptors (Lipinski definition) is 6. The number of pyridine rings is 1. The lowest BCUT2D eigenvalue weighted by atomic mass is 10.2. The first-order valence-electron chi connectivity index (χ1n) is 7.16. The van der Waals surface area contributed by atoms with Crippen molar-refractivity contribution in [3.8, 4) is 10.7 Å². The summed E-state index contributed by atoms with van der Waals surface area (Å²) >= 11 is 5.21. The average Bonchev–Trinajstić information content (AvgIpc) is 3.10. The number of rotatable bonds is 3. The van der Waals surface area contributed by atoms with E-state index in [0.29, 0.717) is 0 Å². The van der Waals surface area contributed by atoms with Crippen LogP contribution in [-0.2, 0) is 11.5 Å². The van der Waals surface area contributed by atoms with E-state index in [0.717, 1.165) is 38.0 Å². The van der Waals surface area contributed by atoms with Gasteiger partial charge in [0, 0.05) is 23.1 Å². The molecule has 0 atom stereocenters. The number of benzene rings is 1. The summed E-state index contributed by atoms with van der Waals surface area (Å²) in [5.74, 6) is 1.84. The monoisotopic (exact) mass is 355 g/mol. The molecule has 6 heteroatoms. The molecule has 0 fully saturated rings. The molecule has 0 spiro atoms. The van der Waals surface area contributed by atoms with Crippen molar-refractivity contribution in [2.75, 3.05) is 0 Å². The summed E-state index contributed by atoms with van der Waals surface area (Å²) in [5.41, 5.74) is 4.43. The lowest BCUT2D eigenvalue weighted by molar-refractivity contribution is 1.21. The summed E-state index contributed by atoms with van der Waals surface area (Å²) in [6, 6.07) is 14.2. The van der Waals surface area contributed by atoms with Gasteiger partial charge in [-0.15, -0.1) is 11.3 Å². The number of aliphatic imine (C=N–C) groups is 1. The first kappa shape index (κ1) is 14.9. The highest BCUT2D eigenvalue weighted by atomic mass is 32.2. The Labute approximate surface area is 147 Å². The highest BCUT2D eigenvalue weighted by Gasteiger charge is 2.13. The van der Waals surface area contributed by atoms with Gasteiger partial charge in [0.25, 0.3) is 0 Å². The molecule has 0 saturated carbocycles. The van der Waals surface area contributed by atoms with Crippen LogP contribution in [0.1, 0.15) is 11.3 Å². The summed E-state index contributed by atoms with van der Waals surface area (Å²) in [4.78, 5) is 13.8. The van der Waals surface area contributed by atoms with E-state index >= 15 is 0 Å². The van der Waals surface area contributed by atoms with E-state index in [9.17, 15) is 0 Å². The first-order chi connectivity index (χ1) is 11.4. The minimum Gasteiger partial charge on any atom is -0.254 e. The Hall–Kier alpha value is -1.63. The van der Waals surface area contributed by atoms with Crippen LogP contribution >= 0.6 is 34.9 Å². The Morgan fingerprint density at radius 1 is 1.09 bits per heavy atom. The number of hydrogen-bond donors (Lipinski definition) is 0. The fourth-order valence-electron chi connectivity index (χ4n) is 2.20. The van der Waals surface area contributed by atoms with Gasteiger partial charge in [0.1, 0.15) is 9.38 Å². The zero-order valence-corrected chi connectivity index (χ0v) is 14.6. The molecule has 1 aromatic carbocycles. The molecule has 0 amide bonds. The van der Waals surface area contributed by atoms with Gasteiger partial charge in [-0.1, -0.05) is 47.8 Å². The lowest BCUT2D eigenvalue weighted by Crippen LogP contribution is -1.96. The van der Waals surface area contributed by atoms with E-state index < -0.39 is 0 Å². The van der Waals surface area contributed by atoms with Crippen LogP contribution in [0.2, 0.25) is 0 Å². The lowest BCUT2D eigenvalue weighted by Gasteiger charge is -2.13. The van der Waals surface area contributed by atoms with Crippen LogP contribution in [0.4, 0.5) is 5.69 Å². The Bertz CT molecular complexity index is 843. The topological polar surface area (TPSA) is 38.1 Å². The van der Waals surface area contributed by atoms with E-state index in [1.807, 2.05) is 24.3 Å². The maximum absolute atomic E-state index is 4.73. The summed E-state index contributed by atoms with van der Waals surface area (Å²) < 4.78 is 1.12. The van der Waals surface area contributed by atoms with Crippen molar-refractivity contribution < 1.29 is 0 Å². The molecule has 3 aromatic rings. The minimum atomic E-state index is 0.845. The fraction of sp³-hybridized carbons (Fsp3) is 0.118. The number of nitrogens with zero attached hydrogens (tertiary/aromatic N) is 3. The predicted molar refractivity (Wildman–Crippen MR) is 101 cm³/mol. The fourth-order valence-corrected chi connectivity index (χ4v) is 5.06. The normalized spacial score (nSPS) is 13.5. The van der Waals surface area contributed by atoms with E-state index in [4.69, 9.17) is 4.99 Å². The molecule has 0 aliphatic carbocycles. The van der Waals surface area contributed by atoms with Crippen molar-refractivity contribution in [1.29, 1.82) is 0 Å². The Kier molecular flexibility index (Phi) is 4.46. The van der Waals surface area contributed by atoms with Gasteiger partial charge in [-0.05, 0) is 23.8 Å². The smallest absolute Gasteiger partial charge is 0.142 e. The van der Waals surface area contributed by atoms with Crippen LogP contribution < -0.4 is 0 Å². The minimum absolute atomic E-state index is 0.845. The van der Waals surface area contributed by atoms with Crippen molar-refractivity contribution in [3.63, 3.8) is 0 Å². The third-order valence-corrected chi connectivity index (χ3v) is 6.53. The molecule has 1 aliphatic heterocycles. The molecule has 0 N–H and O–H groups in total. The quantitative estimate of drug-likeness (QED) is 0.633. The van der Waals surface area contributed by atoms with Gasteiger partial charge in [-0.25, -0.2) is 9.98 Å². The number of thiazole rings is 1. The maximum Gasteiger partial charge on any atom is 0.142 e. The van der Waals surface area contributed by atoms with Crippen LogP contribution in [0.15, 0.2) is 59.0 Å². The highest BCUT2D eigenvalue weighted by molar-refractivity contribution is 8.38. The average molecular weight is 356 g/mol. The zero-order valence-electron chi connectivity index (χ0n) is 12.2. The van der Waals surface area contributed by atoms with Crippen LogP contribution in [0.3, 0.4) is 0 Å². The summed E-state index contributed by atoms with van der Waals surface area (Å²) in [7, 11) is 0. The second kappa shape index (κ2) is 6.86. The number of fused-ring (bicyclic) bond motifs is 1. The molecular formula is C17H13N3S3. The van der Waals surface area contributed by atoms with Gasteiger partial charge >= 0.3 is 0 Å². The molecule has 23 heavy (non-hydrogen) atoms. The van der Waals surface area contributed by atoms with E-state index in [2.05, 4.69) is 33.5 Å². The first-order valence-corrected chi connectivity index (χ1v) is 10.0. The summed E-state index contributed by atoms with van der Waals surface area (Å²) in [5, 5.41) is 3.09. The molecular weight excluding hydrogens is 342 g/mol. The summed E-state index contributed by atoms with van der Waals surface area (Å²) in [6.45, 7) is 0. The van der Waals surface area contributed by atoms with Crippen LogP contribution in [0.5, 0.6) is 0 Å². The van der Waals surface area contributed by atoms with Gasteiger partial charge < -0.3 is 0 Å². The number of thioether (sulfide) groups is 2. The molecule has 114 valence electrons. The van der Waals surface area contributed by atoms with Crippen molar-refractivity contribution in [3.05, 3.63) is 65.3 Å². The van der Waals surface area contributed by atoms with E-state index in [1.165, 1.54) is 5.56 Å². The largest absolute Gasteiger partial charge is 0.254 e. The van der Waals surface area contributed by atoms with Crippen LogP contribution in [-0.4, -0.2) is 14.3 Å². The zero-order chi connectivity index (χ0) is 15.5. The molecule has 3 heterocycles. The Morgan fingerprint density at radius 2 is 2.00 bits per heavy atom. The van der Waals surface area contributed by atoms with Gasteiger partial charge in [-0.2, -0.15) is 0 Å². The molecule has 0 radical (unpaired) electrons.